The van der Waals surface area contributed by atoms with Crippen molar-refractivity contribution in [2.45, 2.75) is 193 Å². The Bertz CT molecular complexity index is 415. The Morgan fingerprint density at radius 1 is 0.432 bits per heavy atom. The number of unbranched alkanes of at least 4 members (excludes halogenated alkanes) is 22. The van der Waals surface area contributed by atoms with E-state index in [1.54, 1.807) is 0 Å². The van der Waals surface area contributed by atoms with Gasteiger partial charge in [-0.05, 0) is 31.4 Å². The summed E-state index contributed by atoms with van der Waals surface area (Å²) >= 11 is 2.31. The minimum atomic E-state index is 0. The molecule has 1 atom stereocenters. The molecule has 0 aliphatic heterocycles. The van der Waals surface area contributed by atoms with Crippen molar-refractivity contribution in [3.8, 4) is 0 Å². The summed E-state index contributed by atoms with van der Waals surface area (Å²) in [6.07, 6.45) is 37.5. The molecule has 0 aromatic rings. The van der Waals surface area contributed by atoms with Gasteiger partial charge in [-0.15, -0.1) is 0 Å². The van der Waals surface area contributed by atoms with E-state index in [4.69, 9.17) is 0 Å². The van der Waals surface area contributed by atoms with Gasteiger partial charge in [-0.1, -0.05) is 167 Å². The normalized spacial score (nSPS) is 12.6. The lowest BCUT2D eigenvalue weighted by Gasteiger charge is -2.38. The number of nitrogens with zero attached hydrogens (tertiary/aromatic N) is 1. The number of halogens is 1. The number of hydrogen-bond donors (Lipinski definition) is 0. The van der Waals surface area contributed by atoms with E-state index in [0.717, 1.165) is 5.37 Å². The standard InChI is InChI=1S/C34H72NS.FH/c1-6-9-12-14-16-18-19-20-21-22-23-24-26-29-32-35(4,5)34(31-28-11-8-3)36-33-30-27-25-17-15-13-10-7-2;/h34H,6-33H2,1-5H3;1H/q+1;/p-1. The molecule has 226 valence electrons. The van der Waals surface area contributed by atoms with Gasteiger partial charge in [0.2, 0.25) is 0 Å². The van der Waals surface area contributed by atoms with Crippen LogP contribution in [0.1, 0.15) is 188 Å². The van der Waals surface area contributed by atoms with Gasteiger partial charge in [0.1, 0.15) is 5.37 Å². The van der Waals surface area contributed by atoms with E-state index in [0.29, 0.717) is 0 Å². The van der Waals surface area contributed by atoms with Crippen LogP contribution >= 0.6 is 11.8 Å². The SMILES string of the molecule is CCCCCCCCCCCCCCCC[N+](C)(C)C(CCCCC)SCCCCCCCCCC.[F-]. The molecule has 0 bridgehead atoms. The lowest BCUT2D eigenvalue weighted by molar-refractivity contribution is -0.900. The van der Waals surface area contributed by atoms with Crippen LogP contribution in [0.3, 0.4) is 0 Å². The van der Waals surface area contributed by atoms with E-state index in [1.807, 2.05) is 0 Å². The van der Waals surface area contributed by atoms with Gasteiger partial charge in [0.25, 0.3) is 0 Å². The third-order valence-electron chi connectivity index (χ3n) is 8.23. The first kappa shape index (κ1) is 39.4. The summed E-state index contributed by atoms with van der Waals surface area (Å²) in [6.45, 7) is 8.34. The fourth-order valence-corrected chi connectivity index (χ4v) is 7.00. The summed E-state index contributed by atoms with van der Waals surface area (Å²) < 4.78 is 1.24. The zero-order chi connectivity index (χ0) is 26.6. The van der Waals surface area contributed by atoms with Gasteiger partial charge in [0.05, 0.1) is 20.6 Å². The zero-order valence-electron chi connectivity index (χ0n) is 26.6. The second kappa shape index (κ2) is 30.8. The van der Waals surface area contributed by atoms with E-state index >= 15 is 0 Å². The van der Waals surface area contributed by atoms with Crippen molar-refractivity contribution in [2.75, 3.05) is 26.4 Å². The number of quaternary nitrogens is 1. The molecule has 1 unspecified atom stereocenters. The fourth-order valence-electron chi connectivity index (χ4n) is 5.52. The van der Waals surface area contributed by atoms with Crippen molar-refractivity contribution in [1.29, 1.82) is 0 Å². The van der Waals surface area contributed by atoms with Crippen LogP contribution in [0.2, 0.25) is 0 Å². The van der Waals surface area contributed by atoms with Crippen molar-refractivity contribution in [3.63, 3.8) is 0 Å². The molecule has 0 fully saturated rings. The predicted octanol–water partition coefficient (Wildman–Crippen LogP) is 9.33. The molecule has 0 spiro atoms. The highest BCUT2D eigenvalue weighted by Gasteiger charge is 2.27. The van der Waals surface area contributed by atoms with Crippen LogP contribution in [0.4, 0.5) is 0 Å². The maximum atomic E-state index is 2.53. The molecule has 0 heterocycles. The van der Waals surface area contributed by atoms with Crippen molar-refractivity contribution in [1.82, 2.24) is 0 Å². The summed E-state index contributed by atoms with van der Waals surface area (Å²) in [5.74, 6) is 1.38. The van der Waals surface area contributed by atoms with Crippen LogP contribution < -0.4 is 4.70 Å². The lowest BCUT2D eigenvalue weighted by Crippen LogP contribution is -3.00. The Hall–Kier alpha value is 0.240. The average Bonchev–Trinajstić information content (AvgIpc) is 2.86. The smallest absolute Gasteiger partial charge is 0.135 e. The molecule has 0 aliphatic rings. The first-order valence-electron chi connectivity index (χ1n) is 17.0. The van der Waals surface area contributed by atoms with Crippen LogP contribution in [0.15, 0.2) is 0 Å². The molecule has 0 radical (unpaired) electrons. The molecular formula is C34H72FNS. The van der Waals surface area contributed by atoms with Gasteiger partial charge in [-0.3, -0.25) is 0 Å². The Morgan fingerprint density at radius 3 is 1.16 bits per heavy atom. The topological polar surface area (TPSA) is 0 Å². The van der Waals surface area contributed by atoms with Crippen molar-refractivity contribution in [3.05, 3.63) is 0 Å². The van der Waals surface area contributed by atoms with Gasteiger partial charge in [0.15, 0.2) is 0 Å². The summed E-state index contributed by atoms with van der Waals surface area (Å²) in [4.78, 5) is 0. The van der Waals surface area contributed by atoms with E-state index < -0.39 is 0 Å². The molecule has 0 saturated heterocycles. The van der Waals surface area contributed by atoms with E-state index in [2.05, 4.69) is 46.6 Å². The van der Waals surface area contributed by atoms with Crippen molar-refractivity contribution < 1.29 is 9.19 Å². The molecule has 0 N–H and O–H groups in total. The lowest BCUT2D eigenvalue weighted by atomic mass is 10.0. The zero-order valence-corrected chi connectivity index (χ0v) is 27.4. The van der Waals surface area contributed by atoms with Gasteiger partial charge in [-0.2, -0.15) is 0 Å². The van der Waals surface area contributed by atoms with Gasteiger partial charge < -0.3 is 9.19 Å². The largest absolute Gasteiger partial charge is 1.00 e. The molecular weight excluding hydrogens is 473 g/mol. The second-order valence-electron chi connectivity index (χ2n) is 12.4. The quantitative estimate of drug-likeness (QED) is 0.0492. The van der Waals surface area contributed by atoms with Gasteiger partial charge in [0, 0.05) is 6.42 Å². The average molecular weight is 546 g/mol. The maximum absolute atomic E-state index is 2.53. The van der Waals surface area contributed by atoms with Crippen LogP contribution in [-0.4, -0.2) is 36.2 Å². The molecule has 0 aromatic carbocycles. The van der Waals surface area contributed by atoms with Crippen molar-refractivity contribution >= 4 is 11.8 Å². The minimum absolute atomic E-state index is 0. The van der Waals surface area contributed by atoms with E-state index in [1.165, 1.54) is 184 Å². The molecule has 37 heavy (non-hydrogen) atoms. The molecule has 3 heteroatoms. The summed E-state index contributed by atoms with van der Waals surface area (Å²) in [6, 6.07) is 0. The highest BCUT2D eigenvalue weighted by molar-refractivity contribution is 7.99. The minimum Gasteiger partial charge on any atom is -1.00 e. The third kappa shape index (κ3) is 27.6. The van der Waals surface area contributed by atoms with Gasteiger partial charge >= 0.3 is 0 Å². The number of thioether (sulfide) groups is 1. The first-order valence-corrected chi connectivity index (χ1v) is 18.1. The van der Waals surface area contributed by atoms with Crippen LogP contribution in [0.5, 0.6) is 0 Å². The highest BCUT2D eigenvalue weighted by Crippen LogP contribution is 2.28. The number of rotatable bonds is 30. The van der Waals surface area contributed by atoms with E-state index in [9.17, 15) is 0 Å². The summed E-state index contributed by atoms with van der Waals surface area (Å²) in [5, 5.41) is 0.808. The molecule has 0 rings (SSSR count). The van der Waals surface area contributed by atoms with Crippen LogP contribution in [0.25, 0.3) is 0 Å². The molecule has 0 saturated carbocycles. The molecule has 0 aliphatic carbocycles. The molecule has 0 amide bonds. The van der Waals surface area contributed by atoms with Crippen LogP contribution in [-0.2, 0) is 0 Å². The fraction of sp³-hybridized carbons (Fsp3) is 1.00. The highest BCUT2D eigenvalue weighted by atomic mass is 32.2. The van der Waals surface area contributed by atoms with Gasteiger partial charge in [-0.25, -0.2) is 0 Å². The third-order valence-corrected chi connectivity index (χ3v) is 9.95. The predicted molar refractivity (Wildman–Crippen MR) is 170 cm³/mol. The second-order valence-corrected chi connectivity index (χ2v) is 13.7. The number of hydrogen-bond acceptors (Lipinski definition) is 1. The Balaban J connectivity index is 0. The maximum Gasteiger partial charge on any atom is 0.135 e. The monoisotopic (exact) mass is 546 g/mol. The van der Waals surface area contributed by atoms with Crippen molar-refractivity contribution in [2.24, 2.45) is 0 Å². The molecule has 1 nitrogen and oxygen atoms in total. The first-order chi connectivity index (χ1) is 17.6. The van der Waals surface area contributed by atoms with Crippen LogP contribution in [0, 0.1) is 0 Å². The Labute approximate surface area is 240 Å². The van der Waals surface area contributed by atoms with E-state index in [-0.39, 0.29) is 4.70 Å². The molecule has 0 aromatic heterocycles. The Kier molecular flexibility index (Phi) is 32.8. The summed E-state index contributed by atoms with van der Waals surface area (Å²) in [5.41, 5.74) is 0. The summed E-state index contributed by atoms with van der Waals surface area (Å²) in [7, 11) is 5.05. The Morgan fingerprint density at radius 2 is 0.757 bits per heavy atom.